The van der Waals surface area contributed by atoms with Gasteiger partial charge >= 0.3 is 0 Å². The summed E-state index contributed by atoms with van der Waals surface area (Å²) in [5, 5.41) is 3.71. The van der Waals surface area contributed by atoms with Crippen molar-refractivity contribution in [1.29, 1.82) is 0 Å². The first-order valence-corrected chi connectivity index (χ1v) is 10.4. The molecule has 1 atom stereocenters. The van der Waals surface area contributed by atoms with Crippen LogP contribution in [-0.4, -0.2) is 54.3 Å². The van der Waals surface area contributed by atoms with Crippen molar-refractivity contribution in [3.05, 3.63) is 70.2 Å². The van der Waals surface area contributed by atoms with E-state index in [1.165, 1.54) is 5.56 Å². The van der Waals surface area contributed by atoms with Crippen LogP contribution < -0.4 is 5.32 Å². The summed E-state index contributed by atoms with van der Waals surface area (Å²) >= 11 is 5.91. The van der Waals surface area contributed by atoms with Crippen molar-refractivity contribution in [2.45, 2.75) is 26.3 Å². The number of rotatable bonds is 6. The predicted octanol–water partition coefficient (Wildman–Crippen LogP) is 3.21. The van der Waals surface area contributed by atoms with Crippen LogP contribution in [0.4, 0.5) is 0 Å². The molecule has 3 rings (SSSR count). The van der Waals surface area contributed by atoms with Crippen LogP contribution >= 0.6 is 11.6 Å². The number of nitrogens with one attached hydrogen (secondary N) is 1. The molecule has 1 unspecified atom stereocenters. The summed E-state index contributed by atoms with van der Waals surface area (Å²) in [4.78, 5) is 28.9. The van der Waals surface area contributed by atoms with Gasteiger partial charge in [-0.25, -0.2) is 0 Å². The van der Waals surface area contributed by atoms with Gasteiger partial charge in [-0.2, -0.15) is 0 Å². The van der Waals surface area contributed by atoms with E-state index in [0.29, 0.717) is 44.2 Å². The van der Waals surface area contributed by atoms with E-state index in [-0.39, 0.29) is 17.9 Å². The van der Waals surface area contributed by atoms with Crippen LogP contribution in [0, 0.1) is 6.92 Å². The second-order valence-electron chi connectivity index (χ2n) is 7.66. The van der Waals surface area contributed by atoms with Gasteiger partial charge in [-0.15, -0.1) is 0 Å². The molecule has 0 aliphatic carbocycles. The van der Waals surface area contributed by atoms with Crippen LogP contribution in [0.3, 0.4) is 0 Å². The van der Waals surface area contributed by atoms with Gasteiger partial charge in [-0.05, 0) is 37.1 Å². The molecule has 1 saturated heterocycles. The largest absolute Gasteiger partial charge is 0.348 e. The second-order valence-corrected chi connectivity index (χ2v) is 8.10. The topological polar surface area (TPSA) is 52.7 Å². The Morgan fingerprint density at radius 1 is 1.00 bits per heavy atom. The van der Waals surface area contributed by atoms with Gasteiger partial charge in [0.2, 0.25) is 11.8 Å². The molecule has 1 N–H and O–H groups in total. The normalized spacial score (nSPS) is 15.8. The number of carbonyl (C=O) groups is 2. The molecule has 29 heavy (non-hydrogen) atoms. The number of amides is 2. The quantitative estimate of drug-likeness (QED) is 0.791. The highest BCUT2D eigenvalue weighted by Gasteiger charge is 2.23. The molecule has 5 nitrogen and oxygen atoms in total. The minimum absolute atomic E-state index is 0.00752. The smallest absolute Gasteiger partial charge is 0.234 e. The van der Waals surface area contributed by atoms with Gasteiger partial charge in [0.05, 0.1) is 19.0 Å². The zero-order valence-corrected chi connectivity index (χ0v) is 17.8. The second kappa shape index (κ2) is 9.90. The maximum Gasteiger partial charge on any atom is 0.234 e. The molecule has 2 aromatic rings. The summed E-state index contributed by atoms with van der Waals surface area (Å²) in [6.07, 6.45) is 0.430. The Morgan fingerprint density at radius 3 is 2.24 bits per heavy atom. The number of nitrogens with zero attached hydrogens (tertiary/aromatic N) is 2. The van der Waals surface area contributed by atoms with Gasteiger partial charge in [0.25, 0.3) is 0 Å². The molecule has 2 aromatic carbocycles. The highest BCUT2D eigenvalue weighted by molar-refractivity contribution is 6.30. The van der Waals surface area contributed by atoms with Gasteiger partial charge in [-0.3, -0.25) is 14.5 Å². The Bertz CT molecular complexity index is 828. The first-order chi connectivity index (χ1) is 13.9. The number of carbonyl (C=O) groups excluding carboxylic acids is 2. The zero-order valence-electron chi connectivity index (χ0n) is 17.0. The Labute approximate surface area is 177 Å². The van der Waals surface area contributed by atoms with Crippen LogP contribution in [0.25, 0.3) is 0 Å². The Hall–Kier alpha value is -2.37. The molecule has 1 aliphatic heterocycles. The molecule has 1 fully saturated rings. The molecule has 1 heterocycles. The fraction of sp³-hybridized carbons (Fsp3) is 0.391. The average Bonchev–Trinajstić information content (AvgIpc) is 2.70. The van der Waals surface area contributed by atoms with Crippen molar-refractivity contribution < 1.29 is 9.59 Å². The number of hydrogen-bond acceptors (Lipinski definition) is 3. The van der Waals surface area contributed by atoms with E-state index in [9.17, 15) is 9.59 Å². The molecular weight excluding hydrogens is 386 g/mol. The van der Waals surface area contributed by atoms with E-state index in [1.807, 2.05) is 67.3 Å². The molecule has 2 amide bonds. The van der Waals surface area contributed by atoms with E-state index in [0.717, 1.165) is 11.1 Å². The summed E-state index contributed by atoms with van der Waals surface area (Å²) < 4.78 is 0. The fourth-order valence-electron chi connectivity index (χ4n) is 3.47. The summed E-state index contributed by atoms with van der Waals surface area (Å²) in [5.41, 5.74) is 3.26. The van der Waals surface area contributed by atoms with E-state index >= 15 is 0 Å². The minimum atomic E-state index is -0.0721. The zero-order chi connectivity index (χ0) is 20.8. The summed E-state index contributed by atoms with van der Waals surface area (Å²) in [5.74, 6) is 0.140. The van der Waals surface area contributed by atoms with Gasteiger partial charge < -0.3 is 10.2 Å². The van der Waals surface area contributed by atoms with E-state index < -0.39 is 0 Å². The number of benzene rings is 2. The molecule has 0 radical (unpaired) electrons. The molecule has 1 aliphatic rings. The standard InChI is InChI=1S/C23H28ClN3O2/c1-17-3-5-19(6-4-17)15-23(29)27-13-11-26(12-14-27)16-22(28)25-18(2)20-7-9-21(24)10-8-20/h3-10,18H,11-16H2,1-2H3,(H,25,28). The number of halogens is 1. The first kappa shape index (κ1) is 21.3. The number of piperazine rings is 1. The highest BCUT2D eigenvalue weighted by Crippen LogP contribution is 2.16. The molecular formula is C23H28ClN3O2. The van der Waals surface area contributed by atoms with Gasteiger partial charge in [-0.1, -0.05) is 53.6 Å². The van der Waals surface area contributed by atoms with Crippen molar-refractivity contribution in [1.82, 2.24) is 15.1 Å². The average molecular weight is 414 g/mol. The maximum atomic E-state index is 12.5. The SMILES string of the molecule is Cc1ccc(CC(=O)N2CCN(CC(=O)NC(C)c3ccc(Cl)cc3)CC2)cc1. The Morgan fingerprint density at radius 2 is 1.62 bits per heavy atom. The third-order valence-corrected chi connectivity index (χ3v) is 5.57. The van der Waals surface area contributed by atoms with Crippen molar-refractivity contribution in [2.24, 2.45) is 0 Å². The molecule has 0 aromatic heterocycles. The lowest BCUT2D eigenvalue weighted by Crippen LogP contribution is -2.51. The van der Waals surface area contributed by atoms with Crippen LogP contribution in [-0.2, 0) is 16.0 Å². The number of aryl methyl sites for hydroxylation is 1. The summed E-state index contributed by atoms with van der Waals surface area (Å²) in [6, 6.07) is 15.5. The molecule has 154 valence electrons. The van der Waals surface area contributed by atoms with E-state index in [2.05, 4.69) is 10.2 Å². The van der Waals surface area contributed by atoms with Crippen molar-refractivity contribution in [3.63, 3.8) is 0 Å². The lowest BCUT2D eigenvalue weighted by Gasteiger charge is -2.34. The Balaban J connectivity index is 1.41. The number of hydrogen-bond donors (Lipinski definition) is 1. The van der Waals surface area contributed by atoms with E-state index in [4.69, 9.17) is 11.6 Å². The lowest BCUT2D eigenvalue weighted by molar-refractivity contribution is -0.132. The minimum Gasteiger partial charge on any atom is -0.348 e. The molecule has 0 bridgehead atoms. The van der Waals surface area contributed by atoms with Crippen molar-refractivity contribution >= 4 is 23.4 Å². The molecule has 6 heteroatoms. The van der Waals surface area contributed by atoms with Crippen LogP contribution in [0.15, 0.2) is 48.5 Å². The summed E-state index contributed by atoms with van der Waals surface area (Å²) in [6.45, 7) is 7.08. The van der Waals surface area contributed by atoms with Crippen LogP contribution in [0.5, 0.6) is 0 Å². The van der Waals surface area contributed by atoms with Gasteiger partial charge in [0.15, 0.2) is 0 Å². The third-order valence-electron chi connectivity index (χ3n) is 5.32. The predicted molar refractivity (Wildman–Crippen MR) is 116 cm³/mol. The van der Waals surface area contributed by atoms with E-state index in [1.54, 1.807) is 0 Å². The highest BCUT2D eigenvalue weighted by atomic mass is 35.5. The monoisotopic (exact) mass is 413 g/mol. The van der Waals surface area contributed by atoms with Gasteiger partial charge in [0, 0.05) is 31.2 Å². The van der Waals surface area contributed by atoms with Gasteiger partial charge in [0.1, 0.15) is 0 Å². The molecule has 0 saturated carbocycles. The molecule has 0 spiro atoms. The first-order valence-electron chi connectivity index (χ1n) is 10.0. The third kappa shape index (κ3) is 6.31. The Kier molecular flexibility index (Phi) is 7.29. The lowest BCUT2D eigenvalue weighted by atomic mass is 10.1. The maximum absolute atomic E-state index is 12.5. The summed E-state index contributed by atoms with van der Waals surface area (Å²) in [7, 11) is 0. The van der Waals surface area contributed by atoms with Crippen molar-refractivity contribution in [2.75, 3.05) is 32.7 Å². The fourth-order valence-corrected chi connectivity index (χ4v) is 3.60. The van der Waals surface area contributed by atoms with Crippen LogP contribution in [0.2, 0.25) is 5.02 Å². The van der Waals surface area contributed by atoms with Crippen LogP contribution in [0.1, 0.15) is 29.7 Å². The van der Waals surface area contributed by atoms with Crippen molar-refractivity contribution in [3.8, 4) is 0 Å².